The van der Waals surface area contributed by atoms with Crippen molar-refractivity contribution in [3.63, 3.8) is 0 Å². The van der Waals surface area contributed by atoms with E-state index in [0.29, 0.717) is 23.7 Å². The number of piperidine rings is 1. The van der Waals surface area contributed by atoms with Crippen LogP contribution in [-0.4, -0.2) is 54.9 Å². The van der Waals surface area contributed by atoms with Gasteiger partial charge in [-0.3, -0.25) is 19.3 Å². The Morgan fingerprint density at radius 3 is 2.37 bits per heavy atom. The molecule has 2 aliphatic rings. The predicted octanol–water partition coefficient (Wildman–Crippen LogP) is 4.81. The van der Waals surface area contributed by atoms with E-state index in [1.165, 1.54) is 48.5 Å². The summed E-state index contributed by atoms with van der Waals surface area (Å²) in [6, 6.07) is 9.75. The molecule has 12 heteroatoms. The number of carbonyl (C=O) groups is 3. The van der Waals surface area contributed by atoms with Gasteiger partial charge >= 0.3 is 10.1 Å². The van der Waals surface area contributed by atoms with Gasteiger partial charge in [0.25, 0.3) is 11.1 Å². The summed E-state index contributed by atoms with van der Waals surface area (Å²) in [7, 11) is -4.14. The van der Waals surface area contributed by atoms with E-state index in [2.05, 4.69) is 0 Å². The molecule has 0 aliphatic carbocycles. The Bertz CT molecular complexity index is 1310. The highest BCUT2D eigenvalue weighted by Crippen LogP contribution is 2.34. The van der Waals surface area contributed by atoms with Crippen LogP contribution in [0.4, 0.5) is 4.79 Å². The highest BCUT2D eigenvalue weighted by Gasteiger charge is 2.37. The van der Waals surface area contributed by atoms with Crippen molar-refractivity contribution in [3.05, 3.63) is 63.0 Å². The van der Waals surface area contributed by atoms with Crippen molar-refractivity contribution >= 4 is 68.2 Å². The molecular formula is C23H20Cl2N2O6S2. The van der Waals surface area contributed by atoms with Crippen LogP contribution in [0.15, 0.2) is 52.3 Å². The molecule has 2 aromatic carbocycles. The Balaban J connectivity index is 1.46. The first-order valence-corrected chi connectivity index (χ1v) is 13.6. The Kier molecular flexibility index (Phi) is 7.75. The van der Waals surface area contributed by atoms with Gasteiger partial charge in [-0.25, -0.2) is 0 Å². The number of thioether (sulfide) groups is 1. The topological polar surface area (TPSA) is 101 Å². The smallest absolute Gasteiger partial charge is 0.339 e. The third kappa shape index (κ3) is 6.00. The van der Waals surface area contributed by atoms with Gasteiger partial charge < -0.3 is 9.08 Å². The summed E-state index contributed by atoms with van der Waals surface area (Å²) in [4.78, 5) is 40.3. The number of benzene rings is 2. The normalized spacial score (nSPS) is 17.8. The summed E-state index contributed by atoms with van der Waals surface area (Å²) >= 11 is 12.7. The van der Waals surface area contributed by atoms with Gasteiger partial charge in [0.15, 0.2) is 5.75 Å². The van der Waals surface area contributed by atoms with Gasteiger partial charge in [0.05, 0.1) is 9.93 Å². The van der Waals surface area contributed by atoms with Crippen molar-refractivity contribution in [3.8, 4) is 5.75 Å². The molecule has 2 fully saturated rings. The van der Waals surface area contributed by atoms with Crippen LogP contribution in [0.5, 0.6) is 5.75 Å². The fourth-order valence-electron chi connectivity index (χ4n) is 3.61. The van der Waals surface area contributed by atoms with Gasteiger partial charge in [-0.1, -0.05) is 29.3 Å². The fraction of sp³-hybridized carbons (Fsp3) is 0.261. The van der Waals surface area contributed by atoms with Crippen molar-refractivity contribution in [1.29, 1.82) is 0 Å². The molecule has 0 radical (unpaired) electrons. The lowest BCUT2D eigenvalue weighted by molar-refractivity contribution is -0.136. The highest BCUT2D eigenvalue weighted by atomic mass is 35.5. The van der Waals surface area contributed by atoms with Gasteiger partial charge in [0, 0.05) is 18.1 Å². The molecule has 2 saturated heterocycles. The maximum Gasteiger partial charge on any atom is 0.339 e. The molecule has 0 saturated carbocycles. The molecule has 4 rings (SSSR count). The van der Waals surface area contributed by atoms with Gasteiger partial charge in [-0.15, -0.1) is 0 Å². The molecule has 184 valence electrons. The van der Waals surface area contributed by atoms with E-state index in [9.17, 15) is 22.8 Å². The van der Waals surface area contributed by atoms with Crippen LogP contribution in [0.1, 0.15) is 24.8 Å². The Labute approximate surface area is 216 Å². The van der Waals surface area contributed by atoms with Crippen LogP contribution in [-0.2, 0) is 19.7 Å². The van der Waals surface area contributed by atoms with Gasteiger partial charge in [0.2, 0.25) is 5.91 Å². The van der Waals surface area contributed by atoms with E-state index in [1.54, 1.807) is 4.90 Å². The second kappa shape index (κ2) is 10.6. The fourth-order valence-corrected chi connectivity index (χ4v) is 5.79. The molecule has 3 amide bonds. The zero-order valence-corrected chi connectivity index (χ0v) is 21.4. The highest BCUT2D eigenvalue weighted by molar-refractivity contribution is 8.18. The quantitative estimate of drug-likeness (QED) is 0.373. The first-order chi connectivity index (χ1) is 16.6. The molecular weight excluding hydrogens is 535 g/mol. The molecule has 0 atom stereocenters. The van der Waals surface area contributed by atoms with Crippen LogP contribution < -0.4 is 4.18 Å². The predicted molar refractivity (Wildman–Crippen MR) is 134 cm³/mol. The molecule has 0 aromatic heterocycles. The molecule has 2 heterocycles. The summed E-state index contributed by atoms with van der Waals surface area (Å²) in [6.07, 6.45) is 4.34. The van der Waals surface area contributed by atoms with Crippen LogP contribution in [0.25, 0.3) is 6.08 Å². The minimum absolute atomic E-state index is 0.00390. The monoisotopic (exact) mass is 554 g/mol. The number of nitrogens with zero attached hydrogens (tertiary/aromatic N) is 2. The number of hydrogen-bond donors (Lipinski definition) is 0. The maximum absolute atomic E-state index is 12.8. The lowest BCUT2D eigenvalue weighted by Gasteiger charge is -2.27. The van der Waals surface area contributed by atoms with Crippen LogP contribution in [0, 0.1) is 0 Å². The van der Waals surface area contributed by atoms with Gasteiger partial charge in [-0.05, 0) is 79.1 Å². The molecule has 2 aromatic rings. The summed E-state index contributed by atoms with van der Waals surface area (Å²) < 4.78 is 30.1. The maximum atomic E-state index is 12.8. The van der Waals surface area contributed by atoms with Crippen molar-refractivity contribution < 1.29 is 27.0 Å². The van der Waals surface area contributed by atoms with E-state index in [4.69, 9.17) is 27.4 Å². The summed E-state index contributed by atoms with van der Waals surface area (Å²) in [5, 5.41) is -0.144. The van der Waals surface area contributed by atoms with Crippen LogP contribution >= 0.6 is 35.0 Å². The van der Waals surface area contributed by atoms with Crippen molar-refractivity contribution in [1.82, 2.24) is 9.80 Å². The summed E-state index contributed by atoms with van der Waals surface area (Å²) in [5.41, 5.74) is 0.457. The molecule has 0 spiro atoms. The van der Waals surface area contributed by atoms with E-state index in [0.717, 1.165) is 35.9 Å². The van der Waals surface area contributed by atoms with Crippen molar-refractivity contribution in [2.24, 2.45) is 0 Å². The van der Waals surface area contributed by atoms with Crippen molar-refractivity contribution in [2.45, 2.75) is 24.2 Å². The SMILES string of the molecule is O=C(CN1C(=O)S/C(=C\c2ccc(OS(=O)(=O)c3ccc(Cl)cc3)c(Cl)c2)C1=O)N1CCCCC1. The molecule has 0 unspecified atom stereocenters. The van der Waals surface area contributed by atoms with Gasteiger partial charge in [0.1, 0.15) is 11.4 Å². The second-order valence-electron chi connectivity index (χ2n) is 7.89. The van der Waals surface area contributed by atoms with Crippen LogP contribution in [0.3, 0.4) is 0 Å². The average molecular weight is 555 g/mol. The number of hydrogen-bond acceptors (Lipinski definition) is 7. The van der Waals surface area contributed by atoms with Crippen LogP contribution in [0.2, 0.25) is 10.0 Å². The lowest BCUT2D eigenvalue weighted by Crippen LogP contribution is -2.44. The zero-order chi connectivity index (χ0) is 25.2. The molecule has 8 nitrogen and oxygen atoms in total. The number of imide groups is 1. The van der Waals surface area contributed by atoms with E-state index >= 15 is 0 Å². The third-order valence-electron chi connectivity index (χ3n) is 5.43. The molecule has 35 heavy (non-hydrogen) atoms. The first kappa shape index (κ1) is 25.6. The first-order valence-electron chi connectivity index (χ1n) is 10.7. The minimum atomic E-state index is -4.14. The Hall–Kier alpha value is -2.53. The molecule has 0 N–H and O–H groups in total. The second-order valence-corrected chi connectivity index (χ2v) is 11.3. The van der Waals surface area contributed by atoms with Crippen molar-refractivity contribution in [2.75, 3.05) is 19.6 Å². The van der Waals surface area contributed by atoms with E-state index in [1.807, 2.05) is 0 Å². The van der Waals surface area contributed by atoms with E-state index < -0.39 is 21.3 Å². The number of amides is 3. The molecule has 2 aliphatic heterocycles. The number of rotatable bonds is 6. The molecule has 0 bridgehead atoms. The van der Waals surface area contributed by atoms with Gasteiger partial charge in [-0.2, -0.15) is 8.42 Å². The Morgan fingerprint density at radius 1 is 1.03 bits per heavy atom. The van der Waals surface area contributed by atoms with E-state index in [-0.39, 0.29) is 33.0 Å². The number of halogens is 2. The zero-order valence-electron chi connectivity index (χ0n) is 18.3. The lowest BCUT2D eigenvalue weighted by atomic mass is 10.1. The summed E-state index contributed by atoms with van der Waals surface area (Å²) in [5.74, 6) is -0.911. The standard InChI is InChI=1S/C23H20Cl2N2O6S2/c24-16-5-7-17(8-6-16)35(31,32)33-19-9-4-15(12-18(19)25)13-20-22(29)27(23(30)34-20)14-21(28)26-10-2-1-3-11-26/h4-9,12-13H,1-3,10-11,14H2/b20-13-. The summed E-state index contributed by atoms with van der Waals surface area (Å²) in [6.45, 7) is 0.967. The number of likely N-dealkylation sites (tertiary alicyclic amines) is 1. The third-order valence-corrected chi connectivity index (χ3v) is 8.13. The minimum Gasteiger partial charge on any atom is -0.377 e. The largest absolute Gasteiger partial charge is 0.377 e. The Morgan fingerprint density at radius 2 is 1.71 bits per heavy atom. The number of carbonyl (C=O) groups excluding carboxylic acids is 3. The average Bonchev–Trinajstić information content (AvgIpc) is 3.09.